The molecule has 0 spiro atoms. The van der Waals surface area contributed by atoms with Crippen LogP contribution in [0, 0.1) is 41.5 Å². The van der Waals surface area contributed by atoms with Gasteiger partial charge in [0.05, 0.1) is 81.7 Å². The molecule has 14 nitrogen and oxygen atoms in total. The Bertz CT molecular complexity index is 3750. The van der Waals surface area contributed by atoms with Crippen LogP contribution in [0.25, 0.3) is 101 Å². The van der Waals surface area contributed by atoms with Crippen LogP contribution in [0.4, 0.5) is 0 Å². The first-order chi connectivity index (χ1) is 36.4. The highest BCUT2D eigenvalue weighted by atomic mass is 16.6. The minimum Gasteiger partial charge on any atom is -0.465 e. The van der Waals surface area contributed by atoms with Gasteiger partial charge < -0.3 is 54.9 Å². The van der Waals surface area contributed by atoms with E-state index in [4.69, 9.17) is 46.6 Å². The first-order valence-corrected chi connectivity index (χ1v) is 25.6. The highest BCUT2D eigenvalue weighted by Gasteiger charge is 2.28. The van der Waals surface area contributed by atoms with Crippen LogP contribution in [0.5, 0.6) is 23.8 Å². The molecule has 0 aliphatic rings. The number of nitrogens with zero attached hydrogens (tertiary/aromatic N) is 6. The molecule has 10 heterocycles. The summed E-state index contributed by atoms with van der Waals surface area (Å²) in [5, 5.41) is 2.07. The third kappa shape index (κ3) is 7.94. The third-order valence-electron chi connectivity index (χ3n) is 13.9. The number of ether oxygens (including phenoxy) is 4. The molecule has 0 atom stereocenters. The molecular formula is C61H58N6O8. The second-order valence-electron chi connectivity index (χ2n) is 19.0. The summed E-state index contributed by atoms with van der Waals surface area (Å²) in [5.74, 6) is 4.40. The van der Waals surface area contributed by atoms with Gasteiger partial charge in [-0.05, 0) is 140 Å². The predicted molar refractivity (Wildman–Crippen MR) is 292 cm³/mol. The molecule has 0 amide bonds. The van der Waals surface area contributed by atoms with Gasteiger partial charge in [0.1, 0.15) is 29.7 Å². The largest absolute Gasteiger partial charge is 0.465 e. The maximum Gasteiger partial charge on any atom is 0.284 e. The monoisotopic (exact) mass is 1000 g/mol. The van der Waals surface area contributed by atoms with E-state index in [-0.39, 0.29) is 0 Å². The van der Waals surface area contributed by atoms with Gasteiger partial charge in [-0.15, -0.1) is 0 Å². The number of fused-ring (bicyclic) bond motifs is 6. The molecule has 0 saturated heterocycles. The Morgan fingerprint density at radius 3 is 1.03 bits per heavy atom. The van der Waals surface area contributed by atoms with Crippen molar-refractivity contribution >= 4 is 43.9 Å². The van der Waals surface area contributed by atoms with Crippen molar-refractivity contribution in [3.8, 4) is 80.5 Å². The molecule has 12 rings (SSSR count). The second-order valence-corrected chi connectivity index (χ2v) is 19.0. The van der Waals surface area contributed by atoms with E-state index in [1.54, 1.807) is 0 Å². The van der Waals surface area contributed by atoms with Gasteiger partial charge in [0.25, 0.3) is 23.8 Å². The van der Waals surface area contributed by atoms with Crippen LogP contribution >= 0.6 is 0 Å². The topological polar surface area (TPSA) is 135 Å². The zero-order valence-corrected chi connectivity index (χ0v) is 43.9. The van der Waals surface area contributed by atoms with Gasteiger partial charge in [-0.25, -0.2) is 0 Å². The van der Waals surface area contributed by atoms with Gasteiger partial charge in [-0.2, -0.15) is 0 Å². The molecule has 75 heavy (non-hydrogen) atoms. The molecule has 12 aromatic rings. The van der Waals surface area contributed by atoms with Gasteiger partial charge in [0.15, 0.2) is 0 Å². The van der Waals surface area contributed by atoms with E-state index in [2.05, 4.69) is 121 Å². The van der Waals surface area contributed by atoms with Crippen LogP contribution < -0.4 is 18.9 Å². The van der Waals surface area contributed by atoms with Crippen molar-refractivity contribution in [3.05, 3.63) is 143 Å². The summed E-state index contributed by atoms with van der Waals surface area (Å²) in [6.45, 7) is 23.0. The molecule has 0 N–H and O–H groups in total. The van der Waals surface area contributed by atoms with E-state index in [0.29, 0.717) is 79.9 Å². The molecular weight excluding hydrogens is 945 g/mol. The van der Waals surface area contributed by atoms with E-state index in [1.165, 1.54) is 0 Å². The van der Waals surface area contributed by atoms with Gasteiger partial charge in [0, 0.05) is 82.7 Å². The Morgan fingerprint density at radius 1 is 0.400 bits per heavy atom. The smallest absolute Gasteiger partial charge is 0.284 e. The molecule has 0 bridgehead atoms. The minimum absolute atomic E-state index is 0.448. The van der Waals surface area contributed by atoms with E-state index >= 15 is 0 Å². The lowest BCUT2D eigenvalue weighted by atomic mass is 10.0. The Labute approximate surface area is 433 Å². The minimum atomic E-state index is 0.448. The molecule has 14 heteroatoms. The van der Waals surface area contributed by atoms with E-state index in [9.17, 15) is 0 Å². The number of aromatic nitrogens is 6. The van der Waals surface area contributed by atoms with Crippen LogP contribution in [0.2, 0.25) is 0 Å². The quantitative estimate of drug-likeness (QED) is 0.0920. The van der Waals surface area contributed by atoms with E-state index < -0.39 is 0 Å². The molecule has 0 unspecified atom stereocenters. The Kier molecular flexibility index (Phi) is 11.7. The molecule has 380 valence electrons. The molecule has 10 aromatic heterocycles. The normalized spacial score (nSPS) is 11.9. The fourth-order valence-corrected chi connectivity index (χ4v) is 11.0. The number of benzene rings is 2. The number of aryl methyl sites for hydroxylation is 6. The summed E-state index contributed by atoms with van der Waals surface area (Å²) in [7, 11) is 0. The van der Waals surface area contributed by atoms with Gasteiger partial charge >= 0.3 is 0 Å². The van der Waals surface area contributed by atoms with Crippen LogP contribution in [0.3, 0.4) is 0 Å². The highest BCUT2D eigenvalue weighted by Crippen LogP contribution is 2.45. The fraction of sp³-hybridized carbons (Fsp3) is 0.246. The lowest BCUT2D eigenvalue weighted by Gasteiger charge is -2.17. The first kappa shape index (κ1) is 47.2. The standard InChI is InChI=1S/C61H58N6O8/c1-11-68-50-23-19-46(72-50)40-29-64(30-41(40)47-20-24-51(73-47)69-12-2)58-34(5)27-36(7)60-54(58)56-44(17-15-38(9)62-56)66(60)33-67-45-18-16-39(10)63-57(45)55-59(35(6)28-37(8)61(55)67)65-31-42(48-21-25-52(74-48)70-13-3)43(32-65)49-22-26-53(75-49)71-14-4/h15-32H,11-14,33H2,1-10H3. The van der Waals surface area contributed by atoms with Crippen LogP contribution in [-0.2, 0) is 6.67 Å². The number of pyridine rings is 2. The SMILES string of the molecule is CCOc1ccc(-c2cn(-c3c(C)cc(C)c4c3c3nc(C)ccc3n4Cn3c4ccc(C)nc4c4c(-n5cc(-c6ccc(OCC)o6)c(-c6ccc(OCC)o6)c5)c(C)cc(C)c43)cc2-c2ccc(OCC)o2)o1. The summed E-state index contributed by atoms with van der Waals surface area (Å²) < 4.78 is 57.6. The van der Waals surface area contributed by atoms with Crippen molar-refractivity contribution in [2.75, 3.05) is 26.4 Å². The fourth-order valence-electron chi connectivity index (χ4n) is 11.0. The van der Waals surface area contributed by atoms with Crippen LogP contribution in [-0.4, -0.2) is 54.7 Å². The molecule has 0 aliphatic heterocycles. The highest BCUT2D eigenvalue weighted by molar-refractivity contribution is 6.14. The second kappa shape index (κ2) is 18.6. The van der Waals surface area contributed by atoms with Gasteiger partial charge in [0.2, 0.25) is 0 Å². The van der Waals surface area contributed by atoms with Crippen LogP contribution in [0.1, 0.15) is 61.3 Å². The maximum absolute atomic E-state index is 6.31. The summed E-state index contributed by atoms with van der Waals surface area (Å²) in [4.78, 5) is 10.7. The zero-order chi connectivity index (χ0) is 51.8. The van der Waals surface area contributed by atoms with E-state index in [1.807, 2.05) is 76.2 Å². The zero-order valence-electron chi connectivity index (χ0n) is 43.9. The molecule has 2 aromatic carbocycles. The summed E-state index contributed by atoms with van der Waals surface area (Å²) in [6.07, 6.45) is 8.46. The summed E-state index contributed by atoms with van der Waals surface area (Å²) in [5.41, 5.74) is 17.6. The lowest BCUT2D eigenvalue weighted by molar-refractivity contribution is 0.259. The summed E-state index contributed by atoms with van der Waals surface area (Å²) >= 11 is 0. The molecule has 0 aliphatic carbocycles. The van der Waals surface area contributed by atoms with Crippen molar-refractivity contribution in [3.63, 3.8) is 0 Å². The average molecular weight is 1000 g/mol. The van der Waals surface area contributed by atoms with Crippen molar-refractivity contribution in [2.24, 2.45) is 0 Å². The van der Waals surface area contributed by atoms with E-state index in [0.717, 1.165) is 111 Å². The van der Waals surface area contributed by atoms with Crippen molar-refractivity contribution in [1.82, 2.24) is 28.2 Å². The lowest BCUT2D eigenvalue weighted by Crippen LogP contribution is -2.10. The Hall–Kier alpha value is -8.78. The number of rotatable bonds is 16. The van der Waals surface area contributed by atoms with Crippen molar-refractivity contribution < 1.29 is 36.6 Å². The van der Waals surface area contributed by atoms with Crippen molar-refractivity contribution in [2.45, 2.75) is 75.9 Å². The molecule has 0 saturated carbocycles. The first-order valence-electron chi connectivity index (χ1n) is 25.6. The molecule has 0 fully saturated rings. The molecule has 0 radical (unpaired) electrons. The Morgan fingerprint density at radius 2 is 0.720 bits per heavy atom. The number of furan rings is 4. The maximum atomic E-state index is 6.31. The van der Waals surface area contributed by atoms with Gasteiger partial charge in [-0.1, -0.05) is 12.1 Å². The van der Waals surface area contributed by atoms with Crippen LogP contribution in [0.15, 0.2) is 127 Å². The predicted octanol–water partition coefficient (Wildman–Crippen LogP) is 15.3. The Balaban J connectivity index is 1.08. The van der Waals surface area contributed by atoms with Gasteiger partial charge in [-0.3, -0.25) is 9.97 Å². The average Bonchev–Trinajstić information content (AvgIpc) is 4.27. The summed E-state index contributed by atoms with van der Waals surface area (Å²) in [6, 6.07) is 28.3. The van der Waals surface area contributed by atoms with Crippen molar-refractivity contribution in [1.29, 1.82) is 0 Å². The number of hydrogen-bond acceptors (Lipinski definition) is 10. The third-order valence-corrected chi connectivity index (χ3v) is 13.9. The number of hydrogen-bond donors (Lipinski definition) is 0.